The summed E-state index contributed by atoms with van der Waals surface area (Å²) in [6, 6.07) is 13.8. The van der Waals surface area contributed by atoms with Crippen LogP contribution in [0.3, 0.4) is 0 Å². The van der Waals surface area contributed by atoms with Crippen LogP contribution in [-0.4, -0.2) is 62.5 Å². The molecule has 0 saturated carbocycles. The molecule has 2 N–H and O–H groups in total. The van der Waals surface area contributed by atoms with Crippen LogP contribution in [0.25, 0.3) is 0 Å². The minimum atomic E-state index is -0.194. The summed E-state index contributed by atoms with van der Waals surface area (Å²) in [5, 5.41) is 6.42. The van der Waals surface area contributed by atoms with E-state index < -0.39 is 0 Å². The van der Waals surface area contributed by atoms with Crippen LogP contribution < -0.4 is 10.6 Å². The first-order chi connectivity index (χ1) is 14.1. The molecule has 1 saturated heterocycles. The molecule has 0 atom stereocenters. The van der Waals surface area contributed by atoms with E-state index in [2.05, 4.69) is 15.5 Å². The predicted molar refractivity (Wildman–Crippen MR) is 115 cm³/mol. The summed E-state index contributed by atoms with van der Waals surface area (Å²) in [5.74, 6) is -0.373. The number of hydrogen-bond acceptors (Lipinski definition) is 5. The Bertz CT molecular complexity index is 823. The maximum absolute atomic E-state index is 12.8. The number of nitrogens with zero attached hydrogens (tertiary/aromatic N) is 1. The van der Waals surface area contributed by atoms with Crippen molar-refractivity contribution in [2.24, 2.45) is 0 Å². The monoisotopic (exact) mass is 415 g/mol. The van der Waals surface area contributed by atoms with Crippen molar-refractivity contribution < 1.29 is 14.3 Å². The zero-order valence-corrected chi connectivity index (χ0v) is 17.1. The minimum Gasteiger partial charge on any atom is -0.379 e. The van der Waals surface area contributed by atoms with E-state index in [0.29, 0.717) is 21.8 Å². The summed E-state index contributed by atoms with van der Waals surface area (Å²) >= 11 is 6.08. The summed E-state index contributed by atoms with van der Waals surface area (Å²) in [4.78, 5) is 27.5. The fourth-order valence-electron chi connectivity index (χ4n) is 3.21. The van der Waals surface area contributed by atoms with Gasteiger partial charge in [0.05, 0.1) is 25.4 Å². The zero-order valence-electron chi connectivity index (χ0n) is 16.3. The van der Waals surface area contributed by atoms with Gasteiger partial charge in [0.1, 0.15) is 0 Å². The second-order valence-corrected chi connectivity index (χ2v) is 7.35. The third kappa shape index (κ3) is 6.65. The maximum atomic E-state index is 12.8. The standard InChI is InChI=1S/C22H26ClN3O3/c23-18-7-8-20(19(15-18)22(28)17-5-2-1-3-6-17)25-21(27)16-24-9-4-10-26-11-13-29-14-12-26/h1-3,5-8,15,24H,4,9-14,16H2,(H,25,27). The number of ether oxygens (including phenoxy) is 1. The van der Waals surface area contributed by atoms with Crippen molar-refractivity contribution in [3.05, 3.63) is 64.7 Å². The molecule has 0 radical (unpaired) electrons. The second kappa shape index (κ2) is 11.1. The van der Waals surface area contributed by atoms with Crippen molar-refractivity contribution in [2.75, 3.05) is 51.3 Å². The van der Waals surface area contributed by atoms with Crippen molar-refractivity contribution in [2.45, 2.75) is 6.42 Å². The Morgan fingerprint density at radius 1 is 1.07 bits per heavy atom. The molecule has 2 aromatic rings. The lowest BCUT2D eigenvalue weighted by atomic mass is 10.0. The smallest absolute Gasteiger partial charge is 0.238 e. The molecule has 0 bridgehead atoms. The molecule has 0 unspecified atom stereocenters. The van der Waals surface area contributed by atoms with E-state index in [1.807, 2.05) is 6.07 Å². The molecule has 0 spiro atoms. The van der Waals surface area contributed by atoms with Gasteiger partial charge in [-0.2, -0.15) is 0 Å². The number of carbonyl (C=O) groups excluding carboxylic acids is 2. The molecule has 1 heterocycles. The molecule has 2 aromatic carbocycles. The van der Waals surface area contributed by atoms with E-state index in [-0.39, 0.29) is 18.2 Å². The normalized spacial score (nSPS) is 14.5. The molecule has 154 valence electrons. The zero-order chi connectivity index (χ0) is 20.5. The highest BCUT2D eigenvalue weighted by atomic mass is 35.5. The first-order valence-corrected chi connectivity index (χ1v) is 10.2. The average molecular weight is 416 g/mol. The lowest BCUT2D eigenvalue weighted by molar-refractivity contribution is -0.115. The van der Waals surface area contributed by atoms with Gasteiger partial charge in [-0.05, 0) is 37.7 Å². The average Bonchev–Trinajstić information content (AvgIpc) is 2.75. The van der Waals surface area contributed by atoms with Gasteiger partial charge < -0.3 is 15.4 Å². The van der Waals surface area contributed by atoms with Gasteiger partial charge in [0.25, 0.3) is 0 Å². The summed E-state index contributed by atoms with van der Waals surface area (Å²) in [7, 11) is 0. The van der Waals surface area contributed by atoms with Crippen LogP contribution in [0.2, 0.25) is 5.02 Å². The number of halogens is 1. The lowest BCUT2D eigenvalue weighted by Gasteiger charge is -2.26. The molecule has 0 aromatic heterocycles. The van der Waals surface area contributed by atoms with Crippen LogP contribution in [0.5, 0.6) is 0 Å². The van der Waals surface area contributed by atoms with Gasteiger partial charge in [-0.25, -0.2) is 0 Å². The molecule has 1 fully saturated rings. The van der Waals surface area contributed by atoms with Crippen LogP contribution in [0.1, 0.15) is 22.3 Å². The van der Waals surface area contributed by atoms with E-state index >= 15 is 0 Å². The molecule has 0 aliphatic carbocycles. The highest BCUT2D eigenvalue weighted by Gasteiger charge is 2.16. The quantitative estimate of drug-likeness (QED) is 0.487. The third-order valence-electron chi connectivity index (χ3n) is 4.75. The SMILES string of the molecule is O=C(CNCCCN1CCOCC1)Nc1ccc(Cl)cc1C(=O)c1ccccc1. The van der Waals surface area contributed by atoms with E-state index in [9.17, 15) is 9.59 Å². The number of ketones is 1. The van der Waals surface area contributed by atoms with Crippen molar-refractivity contribution in [1.29, 1.82) is 0 Å². The van der Waals surface area contributed by atoms with Gasteiger partial charge >= 0.3 is 0 Å². The van der Waals surface area contributed by atoms with Crippen LogP contribution in [0.4, 0.5) is 5.69 Å². The largest absolute Gasteiger partial charge is 0.379 e. The molecule has 29 heavy (non-hydrogen) atoms. The van der Waals surface area contributed by atoms with Crippen LogP contribution >= 0.6 is 11.6 Å². The third-order valence-corrected chi connectivity index (χ3v) is 4.99. The highest BCUT2D eigenvalue weighted by molar-refractivity contribution is 6.31. The number of carbonyl (C=O) groups is 2. The van der Waals surface area contributed by atoms with Crippen molar-refractivity contribution in [3.8, 4) is 0 Å². The lowest BCUT2D eigenvalue weighted by Crippen LogP contribution is -2.38. The fraction of sp³-hybridized carbons (Fsp3) is 0.364. The van der Waals surface area contributed by atoms with Gasteiger partial charge in [0, 0.05) is 29.2 Å². The summed E-state index contributed by atoms with van der Waals surface area (Å²) < 4.78 is 5.33. The van der Waals surface area contributed by atoms with E-state index in [4.69, 9.17) is 16.3 Å². The van der Waals surface area contributed by atoms with Gasteiger partial charge in [0.2, 0.25) is 5.91 Å². The second-order valence-electron chi connectivity index (χ2n) is 6.92. The molecule has 1 aliphatic rings. The molecule has 1 amide bonds. The number of morpholine rings is 1. The van der Waals surface area contributed by atoms with Gasteiger partial charge in [-0.15, -0.1) is 0 Å². The van der Waals surface area contributed by atoms with Crippen LogP contribution in [0.15, 0.2) is 48.5 Å². The van der Waals surface area contributed by atoms with Crippen molar-refractivity contribution in [3.63, 3.8) is 0 Å². The molecule has 7 heteroatoms. The van der Waals surface area contributed by atoms with Crippen molar-refractivity contribution in [1.82, 2.24) is 10.2 Å². The van der Waals surface area contributed by atoms with Crippen LogP contribution in [-0.2, 0) is 9.53 Å². The first kappa shape index (κ1) is 21.5. The minimum absolute atomic E-state index is 0.179. The number of benzene rings is 2. The topological polar surface area (TPSA) is 70.7 Å². The van der Waals surface area contributed by atoms with Crippen molar-refractivity contribution >= 4 is 29.0 Å². The van der Waals surface area contributed by atoms with Gasteiger partial charge in [0.15, 0.2) is 5.78 Å². The van der Waals surface area contributed by atoms with Crippen LogP contribution in [0, 0.1) is 0 Å². The highest BCUT2D eigenvalue weighted by Crippen LogP contribution is 2.23. The van der Waals surface area contributed by atoms with E-state index in [1.165, 1.54) is 0 Å². The summed E-state index contributed by atoms with van der Waals surface area (Å²) in [5.41, 5.74) is 1.39. The summed E-state index contributed by atoms with van der Waals surface area (Å²) in [6.45, 7) is 5.45. The number of anilines is 1. The Morgan fingerprint density at radius 3 is 2.59 bits per heavy atom. The van der Waals surface area contributed by atoms with E-state index in [1.54, 1.807) is 42.5 Å². The Labute approximate surface area is 176 Å². The predicted octanol–water partition coefficient (Wildman–Crippen LogP) is 2.82. The Morgan fingerprint density at radius 2 is 1.83 bits per heavy atom. The number of amides is 1. The van der Waals surface area contributed by atoms with Gasteiger partial charge in [-0.1, -0.05) is 41.9 Å². The molecule has 1 aliphatic heterocycles. The molecular weight excluding hydrogens is 390 g/mol. The molecular formula is C22H26ClN3O3. The first-order valence-electron chi connectivity index (χ1n) is 9.83. The summed E-state index contributed by atoms with van der Waals surface area (Å²) in [6.07, 6.45) is 0.964. The maximum Gasteiger partial charge on any atom is 0.238 e. The molecule has 6 nitrogen and oxygen atoms in total. The Kier molecular flexibility index (Phi) is 8.19. The molecule has 3 rings (SSSR count). The number of nitrogens with one attached hydrogen (secondary N) is 2. The Balaban J connectivity index is 1.50. The van der Waals surface area contributed by atoms with Gasteiger partial charge in [-0.3, -0.25) is 14.5 Å². The Hall–Kier alpha value is -2.25. The number of rotatable bonds is 9. The van der Waals surface area contributed by atoms with E-state index in [0.717, 1.165) is 45.8 Å². The number of hydrogen-bond donors (Lipinski definition) is 2. The fourth-order valence-corrected chi connectivity index (χ4v) is 3.38.